The number of carbonyl (C=O) groups is 1. The number of hydrogen-bond acceptors (Lipinski definition) is 4. The van der Waals surface area contributed by atoms with Gasteiger partial charge in [-0.25, -0.2) is 9.67 Å². The van der Waals surface area contributed by atoms with E-state index in [2.05, 4.69) is 22.0 Å². The van der Waals surface area contributed by atoms with Crippen molar-refractivity contribution in [2.24, 2.45) is 11.8 Å². The van der Waals surface area contributed by atoms with E-state index in [9.17, 15) is 4.79 Å². The molecule has 1 unspecified atom stereocenters. The SMILES string of the molecule is CN1CCC(Cc2nc3n(n2)CC(C(=O)O)CC3)CC1. The van der Waals surface area contributed by atoms with Gasteiger partial charge in [-0.15, -0.1) is 0 Å². The zero-order valence-electron chi connectivity index (χ0n) is 12.0. The number of carboxylic acids is 1. The maximum Gasteiger partial charge on any atom is 0.308 e. The largest absolute Gasteiger partial charge is 0.481 e. The van der Waals surface area contributed by atoms with Gasteiger partial charge < -0.3 is 10.0 Å². The standard InChI is InChI=1S/C14H22N4O2/c1-17-6-4-10(5-7-17)8-12-15-13-3-2-11(14(19)20)9-18(13)16-12/h10-11H,2-9H2,1H3,(H,19,20). The number of likely N-dealkylation sites (tertiary alicyclic amines) is 1. The molecule has 3 rings (SSSR count). The van der Waals surface area contributed by atoms with Gasteiger partial charge in [0.15, 0.2) is 5.82 Å². The zero-order chi connectivity index (χ0) is 14.1. The molecule has 0 bridgehead atoms. The molecule has 20 heavy (non-hydrogen) atoms. The van der Waals surface area contributed by atoms with E-state index >= 15 is 0 Å². The molecule has 110 valence electrons. The van der Waals surface area contributed by atoms with Crippen molar-refractivity contribution in [3.05, 3.63) is 11.6 Å². The number of hydrogen-bond donors (Lipinski definition) is 1. The van der Waals surface area contributed by atoms with Gasteiger partial charge in [0.05, 0.1) is 12.5 Å². The summed E-state index contributed by atoms with van der Waals surface area (Å²) in [7, 11) is 2.16. The van der Waals surface area contributed by atoms with Crippen LogP contribution < -0.4 is 0 Å². The van der Waals surface area contributed by atoms with Crippen molar-refractivity contribution in [3.63, 3.8) is 0 Å². The summed E-state index contributed by atoms with van der Waals surface area (Å²) in [6, 6.07) is 0. The second kappa shape index (κ2) is 5.52. The van der Waals surface area contributed by atoms with Crippen LogP contribution >= 0.6 is 0 Å². The van der Waals surface area contributed by atoms with Crippen LogP contribution in [-0.4, -0.2) is 50.9 Å². The van der Waals surface area contributed by atoms with Gasteiger partial charge in [0.1, 0.15) is 5.82 Å². The van der Waals surface area contributed by atoms with Crippen LogP contribution in [0.2, 0.25) is 0 Å². The van der Waals surface area contributed by atoms with Gasteiger partial charge in [0, 0.05) is 12.8 Å². The topological polar surface area (TPSA) is 71.2 Å². The molecule has 1 N–H and O–H groups in total. The molecule has 0 aromatic carbocycles. The van der Waals surface area contributed by atoms with Crippen molar-refractivity contribution < 1.29 is 9.90 Å². The van der Waals surface area contributed by atoms with Crippen molar-refractivity contribution >= 4 is 5.97 Å². The van der Waals surface area contributed by atoms with E-state index in [1.165, 1.54) is 12.8 Å². The minimum atomic E-state index is -0.719. The van der Waals surface area contributed by atoms with Crippen molar-refractivity contribution in [2.45, 2.75) is 38.6 Å². The highest BCUT2D eigenvalue weighted by Gasteiger charge is 2.27. The quantitative estimate of drug-likeness (QED) is 0.886. The van der Waals surface area contributed by atoms with Crippen LogP contribution in [0.4, 0.5) is 0 Å². The molecule has 0 saturated carbocycles. The first kappa shape index (κ1) is 13.5. The Hall–Kier alpha value is -1.43. The van der Waals surface area contributed by atoms with Gasteiger partial charge in [-0.3, -0.25) is 4.79 Å². The minimum absolute atomic E-state index is 0.305. The molecule has 2 aliphatic rings. The number of aromatic nitrogens is 3. The summed E-state index contributed by atoms with van der Waals surface area (Å²) in [5.41, 5.74) is 0. The summed E-state index contributed by atoms with van der Waals surface area (Å²) in [6.45, 7) is 2.78. The second-order valence-corrected chi connectivity index (χ2v) is 6.15. The average Bonchev–Trinajstić information content (AvgIpc) is 2.82. The minimum Gasteiger partial charge on any atom is -0.481 e. The van der Waals surface area contributed by atoms with Crippen LogP contribution in [0.25, 0.3) is 0 Å². The first-order valence-corrected chi connectivity index (χ1v) is 7.46. The third-order valence-corrected chi connectivity index (χ3v) is 4.56. The highest BCUT2D eigenvalue weighted by atomic mass is 16.4. The van der Waals surface area contributed by atoms with Crippen LogP contribution in [0.15, 0.2) is 0 Å². The highest BCUT2D eigenvalue weighted by molar-refractivity contribution is 5.70. The van der Waals surface area contributed by atoms with E-state index in [0.717, 1.165) is 37.6 Å². The summed E-state index contributed by atoms with van der Waals surface area (Å²) in [6.07, 6.45) is 4.76. The molecule has 1 atom stereocenters. The van der Waals surface area contributed by atoms with Crippen LogP contribution in [0, 0.1) is 11.8 Å². The summed E-state index contributed by atoms with van der Waals surface area (Å²) < 4.78 is 1.81. The lowest BCUT2D eigenvalue weighted by Gasteiger charge is -2.28. The Morgan fingerprint density at radius 1 is 1.35 bits per heavy atom. The molecule has 0 amide bonds. The molecule has 1 aromatic rings. The predicted molar refractivity (Wildman–Crippen MR) is 73.4 cm³/mol. The molecule has 3 heterocycles. The van der Waals surface area contributed by atoms with E-state index in [-0.39, 0.29) is 5.92 Å². The maximum atomic E-state index is 11.1. The molecular weight excluding hydrogens is 256 g/mol. The Morgan fingerprint density at radius 3 is 2.80 bits per heavy atom. The van der Waals surface area contributed by atoms with Crippen LogP contribution in [0.1, 0.15) is 30.9 Å². The van der Waals surface area contributed by atoms with Crippen molar-refractivity contribution in [1.29, 1.82) is 0 Å². The highest BCUT2D eigenvalue weighted by Crippen LogP contribution is 2.22. The second-order valence-electron chi connectivity index (χ2n) is 6.15. The average molecular weight is 278 g/mol. The van der Waals surface area contributed by atoms with Crippen LogP contribution in [0.5, 0.6) is 0 Å². The molecule has 1 aromatic heterocycles. The van der Waals surface area contributed by atoms with Crippen molar-refractivity contribution in [2.75, 3.05) is 20.1 Å². The number of nitrogens with zero attached hydrogens (tertiary/aromatic N) is 4. The number of rotatable bonds is 3. The molecule has 1 fully saturated rings. The Labute approximate surface area is 118 Å². The summed E-state index contributed by atoms with van der Waals surface area (Å²) in [5, 5.41) is 13.6. The fraction of sp³-hybridized carbons (Fsp3) is 0.786. The number of aliphatic carboxylic acids is 1. The number of carboxylic acid groups (broad SMARTS) is 1. The molecule has 0 spiro atoms. The normalized spacial score (nSPS) is 24.6. The van der Waals surface area contributed by atoms with Gasteiger partial charge in [-0.1, -0.05) is 0 Å². The molecule has 0 aliphatic carbocycles. The first-order chi connectivity index (χ1) is 9.61. The molecule has 6 nitrogen and oxygen atoms in total. The third kappa shape index (κ3) is 2.85. The van der Waals surface area contributed by atoms with Gasteiger partial charge in [0.2, 0.25) is 0 Å². The summed E-state index contributed by atoms with van der Waals surface area (Å²) in [4.78, 5) is 18.0. The smallest absolute Gasteiger partial charge is 0.308 e. The molecular formula is C14H22N4O2. The van der Waals surface area contributed by atoms with E-state index in [1.807, 2.05) is 4.68 Å². The molecule has 0 radical (unpaired) electrons. The zero-order valence-corrected chi connectivity index (χ0v) is 12.0. The Kier molecular flexibility index (Phi) is 3.74. The monoisotopic (exact) mass is 278 g/mol. The lowest BCUT2D eigenvalue weighted by atomic mass is 9.94. The number of piperidine rings is 1. The lowest BCUT2D eigenvalue weighted by Crippen LogP contribution is -2.31. The number of aryl methyl sites for hydroxylation is 1. The Bertz CT molecular complexity index is 491. The van der Waals surface area contributed by atoms with Crippen molar-refractivity contribution in [3.8, 4) is 0 Å². The lowest BCUT2D eigenvalue weighted by molar-refractivity contribution is -0.142. The summed E-state index contributed by atoms with van der Waals surface area (Å²) >= 11 is 0. The van der Waals surface area contributed by atoms with E-state index in [4.69, 9.17) is 5.11 Å². The number of fused-ring (bicyclic) bond motifs is 1. The first-order valence-electron chi connectivity index (χ1n) is 7.46. The van der Waals surface area contributed by atoms with E-state index in [1.54, 1.807) is 0 Å². The molecule has 1 saturated heterocycles. The van der Waals surface area contributed by atoms with Gasteiger partial charge in [-0.05, 0) is 45.3 Å². The fourth-order valence-electron chi connectivity index (χ4n) is 3.17. The molecule has 6 heteroatoms. The van der Waals surface area contributed by atoms with Gasteiger partial charge >= 0.3 is 5.97 Å². The Morgan fingerprint density at radius 2 is 2.10 bits per heavy atom. The van der Waals surface area contributed by atoms with E-state index < -0.39 is 5.97 Å². The third-order valence-electron chi connectivity index (χ3n) is 4.56. The van der Waals surface area contributed by atoms with Crippen LogP contribution in [-0.2, 0) is 24.2 Å². The van der Waals surface area contributed by atoms with E-state index in [0.29, 0.717) is 18.9 Å². The van der Waals surface area contributed by atoms with Crippen molar-refractivity contribution in [1.82, 2.24) is 19.7 Å². The summed E-state index contributed by atoms with van der Waals surface area (Å²) in [5.74, 6) is 1.51. The van der Waals surface area contributed by atoms with Crippen LogP contribution in [0.3, 0.4) is 0 Å². The molecule has 2 aliphatic heterocycles. The predicted octanol–water partition coefficient (Wildman–Crippen LogP) is 0.809. The Balaban J connectivity index is 1.63. The fourth-order valence-corrected chi connectivity index (χ4v) is 3.17. The van der Waals surface area contributed by atoms with Gasteiger partial charge in [-0.2, -0.15) is 5.10 Å². The maximum absolute atomic E-state index is 11.1. The van der Waals surface area contributed by atoms with Gasteiger partial charge in [0.25, 0.3) is 0 Å².